The zero-order chi connectivity index (χ0) is 17.2. The van der Waals surface area contributed by atoms with Crippen LogP contribution in [0.2, 0.25) is 0 Å². The molecule has 2 aliphatic rings. The molecule has 0 spiro atoms. The Hall–Kier alpha value is -1.22. The second-order valence-corrected chi connectivity index (χ2v) is 8.34. The fraction of sp³-hybridized carbons (Fsp3) is 0.625. The van der Waals surface area contributed by atoms with Crippen molar-refractivity contribution in [1.29, 1.82) is 0 Å². The molecule has 2 atom stereocenters. The molecule has 3 rings (SSSR count). The van der Waals surface area contributed by atoms with E-state index in [9.17, 15) is 12.8 Å². The third-order valence-electron chi connectivity index (χ3n) is 4.46. The molecule has 0 amide bonds. The van der Waals surface area contributed by atoms with E-state index >= 15 is 0 Å². The molecule has 2 saturated heterocycles. The molecule has 1 aromatic rings. The highest BCUT2D eigenvalue weighted by Crippen LogP contribution is 2.26. The summed E-state index contributed by atoms with van der Waals surface area (Å²) in [5.74, 6) is -0.352. The average molecular weight is 358 g/mol. The van der Waals surface area contributed by atoms with E-state index in [0.717, 1.165) is 18.9 Å². The summed E-state index contributed by atoms with van der Waals surface area (Å²) < 4.78 is 51.5. The first-order valence-electron chi connectivity index (χ1n) is 8.22. The summed E-state index contributed by atoms with van der Waals surface area (Å²) in [6.45, 7) is 2.36. The fourth-order valence-corrected chi connectivity index (χ4v) is 4.57. The maximum Gasteiger partial charge on any atom is 0.243 e. The van der Waals surface area contributed by atoms with Crippen molar-refractivity contribution < 1.29 is 22.3 Å². The van der Waals surface area contributed by atoms with Crippen LogP contribution >= 0.6 is 0 Å². The second-order valence-electron chi connectivity index (χ2n) is 6.40. The first-order valence-corrected chi connectivity index (χ1v) is 9.66. The zero-order valence-corrected chi connectivity index (χ0v) is 14.3. The normalized spacial score (nSPS) is 25.8. The molecule has 134 valence electrons. The topological polar surface area (TPSA) is 81.9 Å². The molecule has 0 radical (unpaired) electrons. The monoisotopic (exact) mass is 358 g/mol. The molecule has 6 nitrogen and oxygen atoms in total. The number of hydrogen-bond donors (Lipinski definition) is 1. The number of nitrogens with zero attached hydrogens (tertiary/aromatic N) is 1. The predicted octanol–water partition coefficient (Wildman–Crippen LogP) is 1.35. The van der Waals surface area contributed by atoms with Crippen molar-refractivity contribution in [2.45, 2.75) is 30.2 Å². The predicted molar refractivity (Wildman–Crippen MR) is 86.8 cm³/mol. The van der Waals surface area contributed by atoms with Crippen LogP contribution in [0.15, 0.2) is 23.1 Å². The van der Waals surface area contributed by atoms with Gasteiger partial charge in [0.25, 0.3) is 0 Å². The highest BCUT2D eigenvalue weighted by molar-refractivity contribution is 7.89. The van der Waals surface area contributed by atoms with Crippen LogP contribution in [0.3, 0.4) is 0 Å². The molecule has 2 N–H and O–H groups in total. The second kappa shape index (κ2) is 7.35. The van der Waals surface area contributed by atoms with Crippen LogP contribution in [0.25, 0.3) is 0 Å². The molecule has 2 heterocycles. The number of hydrogen-bond acceptors (Lipinski definition) is 5. The van der Waals surface area contributed by atoms with Crippen molar-refractivity contribution in [2.24, 2.45) is 11.7 Å². The van der Waals surface area contributed by atoms with E-state index in [-0.39, 0.29) is 29.1 Å². The maximum absolute atomic E-state index is 14.2. The quantitative estimate of drug-likeness (QED) is 0.859. The lowest BCUT2D eigenvalue weighted by Gasteiger charge is -2.29. The smallest absolute Gasteiger partial charge is 0.243 e. The van der Waals surface area contributed by atoms with Crippen molar-refractivity contribution in [3.63, 3.8) is 0 Å². The van der Waals surface area contributed by atoms with Crippen LogP contribution in [-0.4, -0.2) is 51.7 Å². The van der Waals surface area contributed by atoms with E-state index in [4.69, 9.17) is 15.2 Å². The molecule has 2 aliphatic heterocycles. The van der Waals surface area contributed by atoms with Gasteiger partial charge >= 0.3 is 0 Å². The first-order chi connectivity index (χ1) is 11.5. The molecule has 1 aromatic carbocycles. The summed E-state index contributed by atoms with van der Waals surface area (Å²) in [4.78, 5) is -0.0642. The van der Waals surface area contributed by atoms with Crippen molar-refractivity contribution in [3.05, 3.63) is 24.0 Å². The number of halogens is 1. The maximum atomic E-state index is 14.2. The van der Waals surface area contributed by atoms with Crippen LogP contribution in [0.4, 0.5) is 4.39 Å². The van der Waals surface area contributed by atoms with Crippen LogP contribution < -0.4 is 10.5 Å². The third kappa shape index (κ3) is 3.88. The van der Waals surface area contributed by atoms with Crippen molar-refractivity contribution >= 4 is 10.0 Å². The minimum atomic E-state index is -3.73. The Kier molecular flexibility index (Phi) is 5.39. The largest absolute Gasteiger partial charge is 0.490 e. The van der Waals surface area contributed by atoms with Crippen LogP contribution in [-0.2, 0) is 14.8 Å². The molecule has 2 unspecified atom stereocenters. The fourth-order valence-electron chi connectivity index (χ4n) is 3.02. The van der Waals surface area contributed by atoms with E-state index in [0.29, 0.717) is 32.8 Å². The number of sulfonamides is 1. The van der Waals surface area contributed by atoms with Gasteiger partial charge in [0.05, 0.1) is 18.1 Å². The molecular formula is C16H23FN2O4S. The van der Waals surface area contributed by atoms with Crippen molar-refractivity contribution in [3.8, 4) is 5.75 Å². The number of benzene rings is 1. The van der Waals surface area contributed by atoms with Gasteiger partial charge in [0.15, 0.2) is 11.6 Å². The first kappa shape index (κ1) is 17.6. The van der Waals surface area contributed by atoms with Gasteiger partial charge in [-0.3, -0.25) is 0 Å². The molecule has 0 bridgehead atoms. The van der Waals surface area contributed by atoms with Gasteiger partial charge in [0, 0.05) is 31.7 Å². The minimum absolute atomic E-state index is 0.0642. The lowest BCUT2D eigenvalue weighted by atomic mass is 10.1. The number of rotatable bonds is 5. The van der Waals surface area contributed by atoms with Crippen molar-refractivity contribution in [1.82, 2.24) is 4.31 Å². The van der Waals surface area contributed by atoms with E-state index in [1.165, 1.54) is 16.4 Å². The standard InChI is InChI=1S/C16H23FN2O4S/c17-15-8-14(24(20,21)19-6-1-2-13(18)9-19)3-4-16(15)23-11-12-5-7-22-10-12/h3-4,8,12-13H,1-2,5-7,9-11,18H2. The Balaban J connectivity index is 1.70. The van der Waals surface area contributed by atoms with Gasteiger partial charge in [-0.05, 0) is 37.5 Å². The lowest BCUT2D eigenvalue weighted by Crippen LogP contribution is -2.45. The molecule has 0 aliphatic carbocycles. The summed E-state index contributed by atoms with van der Waals surface area (Å²) in [5, 5.41) is 0. The average Bonchev–Trinajstić information content (AvgIpc) is 3.07. The zero-order valence-electron chi connectivity index (χ0n) is 13.5. The van der Waals surface area contributed by atoms with Gasteiger partial charge in [-0.1, -0.05) is 0 Å². The van der Waals surface area contributed by atoms with Crippen LogP contribution in [0, 0.1) is 11.7 Å². The molecule has 2 fully saturated rings. The van der Waals surface area contributed by atoms with Crippen LogP contribution in [0.1, 0.15) is 19.3 Å². The highest BCUT2D eigenvalue weighted by atomic mass is 32.2. The summed E-state index contributed by atoms with van der Waals surface area (Å²) in [7, 11) is -3.73. The van der Waals surface area contributed by atoms with E-state index in [1.54, 1.807) is 0 Å². The van der Waals surface area contributed by atoms with Gasteiger partial charge in [0.2, 0.25) is 10.0 Å². The summed E-state index contributed by atoms with van der Waals surface area (Å²) >= 11 is 0. The number of nitrogens with two attached hydrogens (primary N) is 1. The van der Waals surface area contributed by atoms with Gasteiger partial charge < -0.3 is 15.2 Å². The molecule has 8 heteroatoms. The molecule has 0 saturated carbocycles. The Labute approximate surface area is 141 Å². The Morgan fingerprint density at radius 1 is 1.38 bits per heavy atom. The Bertz CT molecular complexity index is 677. The molecular weight excluding hydrogens is 335 g/mol. The van der Waals surface area contributed by atoms with E-state index in [1.807, 2.05) is 0 Å². The summed E-state index contributed by atoms with van der Waals surface area (Å²) in [6, 6.07) is 3.62. The highest BCUT2D eigenvalue weighted by Gasteiger charge is 2.29. The van der Waals surface area contributed by atoms with Crippen molar-refractivity contribution in [2.75, 3.05) is 32.9 Å². The minimum Gasteiger partial charge on any atom is -0.490 e. The van der Waals surface area contributed by atoms with Gasteiger partial charge in [-0.15, -0.1) is 0 Å². The lowest BCUT2D eigenvalue weighted by molar-refractivity contribution is 0.165. The van der Waals surface area contributed by atoms with Gasteiger partial charge in [-0.2, -0.15) is 4.31 Å². The van der Waals surface area contributed by atoms with E-state index in [2.05, 4.69) is 0 Å². The number of piperidine rings is 1. The van der Waals surface area contributed by atoms with Gasteiger partial charge in [0.1, 0.15) is 0 Å². The Morgan fingerprint density at radius 2 is 2.21 bits per heavy atom. The molecule has 0 aromatic heterocycles. The number of ether oxygens (including phenoxy) is 2. The SMILES string of the molecule is NC1CCCN(S(=O)(=O)c2ccc(OCC3CCOC3)c(F)c2)C1. The Morgan fingerprint density at radius 3 is 2.88 bits per heavy atom. The van der Waals surface area contributed by atoms with E-state index < -0.39 is 15.8 Å². The summed E-state index contributed by atoms with van der Waals surface area (Å²) in [5.41, 5.74) is 5.84. The third-order valence-corrected chi connectivity index (χ3v) is 6.32. The molecule has 24 heavy (non-hydrogen) atoms. The van der Waals surface area contributed by atoms with Gasteiger partial charge in [-0.25, -0.2) is 12.8 Å². The summed E-state index contributed by atoms with van der Waals surface area (Å²) in [6.07, 6.45) is 2.41. The van der Waals surface area contributed by atoms with Crippen LogP contribution in [0.5, 0.6) is 5.75 Å².